The molecule has 1 aliphatic heterocycles. The molecule has 1 aromatic rings. The van der Waals surface area contributed by atoms with Crippen LogP contribution in [-0.2, 0) is 5.41 Å². The summed E-state index contributed by atoms with van der Waals surface area (Å²) in [6.45, 7) is 4.44. The van der Waals surface area contributed by atoms with Crippen molar-refractivity contribution < 1.29 is 8.91 Å². The van der Waals surface area contributed by atoms with Crippen LogP contribution >= 0.6 is 0 Å². The molecule has 2 saturated carbocycles. The predicted molar refractivity (Wildman–Crippen MR) is 63.0 cm³/mol. The first-order chi connectivity index (χ1) is 8.66. The second-order valence-corrected chi connectivity index (χ2v) is 6.46. The topological polar surface area (TPSA) is 51.0 Å². The van der Waals surface area contributed by atoms with E-state index in [2.05, 4.69) is 22.4 Å². The summed E-state index contributed by atoms with van der Waals surface area (Å²) in [4.78, 5) is 4.47. The fraction of sp³-hybridized carbons (Fsp3) is 0.846. The van der Waals surface area contributed by atoms with Crippen LogP contribution in [0.15, 0.2) is 4.52 Å². The number of rotatable bonds is 2. The molecular formula is C13H18FN3O. The molecule has 0 spiro atoms. The lowest BCUT2D eigenvalue weighted by molar-refractivity contribution is 0.340. The van der Waals surface area contributed by atoms with Crippen molar-refractivity contribution in [2.45, 2.75) is 43.7 Å². The van der Waals surface area contributed by atoms with Crippen LogP contribution in [0.2, 0.25) is 0 Å². The molecule has 3 aliphatic rings. The maximum atomic E-state index is 13.0. The van der Waals surface area contributed by atoms with Gasteiger partial charge in [-0.25, -0.2) is 4.39 Å². The lowest BCUT2D eigenvalue weighted by atomic mass is 9.86. The van der Waals surface area contributed by atoms with Gasteiger partial charge in [0.25, 0.3) is 0 Å². The van der Waals surface area contributed by atoms with Crippen LogP contribution in [0.5, 0.6) is 0 Å². The van der Waals surface area contributed by atoms with Crippen molar-refractivity contribution in [3.05, 3.63) is 11.7 Å². The molecular weight excluding hydrogens is 233 g/mol. The highest BCUT2D eigenvalue weighted by Crippen LogP contribution is 2.49. The van der Waals surface area contributed by atoms with Gasteiger partial charge in [-0.05, 0) is 44.2 Å². The van der Waals surface area contributed by atoms with Crippen LogP contribution in [0.4, 0.5) is 4.39 Å². The van der Waals surface area contributed by atoms with E-state index in [9.17, 15) is 4.39 Å². The summed E-state index contributed by atoms with van der Waals surface area (Å²) in [5.41, 5.74) is 0.0277. The van der Waals surface area contributed by atoms with Gasteiger partial charge in [0.05, 0.1) is 5.92 Å². The van der Waals surface area contributed by atoms with Gasteiger partial charge in [-0.2, -0.15) is 4.98 Å². The molecule has 2 aliphatic carbocycles. The Bertz CT molecular complexity index is 463. The summed E-state index contributed by atoms with van der Waals surface area (Å²) in [7, 11) is 0. The Morgan fingerprint density at radius 3 is 2.61 bits per heavy atom. The number of hydrogen-bond donors (Lipinski definition) is 1. The molecule has 4 nitrogen and oxygen atoms in total. The number of fused-ring (bicyclic) bond motifs is 1. The van der Waals surface area contributed by atoms with Gasteiger partial charge in [0.15, 0.2) is 5.82 Å². The normalized spacial score (nSPS) is 46.3. The molecule has 0 amide bonds. The van der Waals surface area contributed by atoms with Crippen molar-refractivity contribution in [3.8, 4) is 0 Å². The Morgan fingerprint density at radius 1 is 1.33 bits per heavy atom. The Labute approximate surface area is 105 Å². The minimum absolute atomic E-state index is 0.0277. The zero-order valence-electron chi connectivity index (χ0n) is 10.5. The number of nitrogens with one attached hydrogen (secondary N) is 1. The Kier molecular flexibility index (Phi) is 2.14. The SMILES string of the molecule is C[C@]1(c2noc([C@@H]3C[C@@H]3F)n2)C[C@H]2CNC[C@H]2C1. The lowest BCUT2D eigenvalue weighted by Gasteiger charge is -2.20. The van der Waals surface area contributed by atoms with Gasteiger partial charge in [0.1, 0.15) is 6.17 Å². The van der Waals surface area contributed by atoms with Gasteiger partial charge in [-0.1, -0.05) is 12.1 Å². The van der Waals surface area contributed by atoms with Gasteiger partial charge in [0, 0.05) is 5.41 Å². The number of hydrogen-bond acceptors (Lipinski definition) is 4. The van der Waals surface area contributed by atoms with Gasteiger partial charge in [-0.3, -0.25) is 0 Å². The second-order valence-electron chi connectivity index (χ2n) is 6.46. The van der Waals surface area contributed by atoms with Gasteiger partial charge in [0.2, 0.25) is 5.89 Å². The third-order valence-corrected chi connectivity index (χ3v) is 4.92. The largest absolute Gasteiger partial charge is 0.339 e. The third-order valence-electron chi connectivity index (χ3n) is 4.92. The van der Waals surface area contributed by atoms with Crippen molar-refractivity contribution in [1.82, 2.24) is 15.5 Å². The van der Waals surface area contributed by atoms with Crippen LogP contribution < -0.4 is 5.32 Å². The first kappa shape index (κ1) is 10.9. The molecule has 1 aromatic heterocycles. The molecule has 0 radical (unpaired) electrons. The van der Waals surface area contributed by atoms with E-state index in [1.807, 2.05) is 0 Å². The maximum Gasteiger partial charge on any atom is 0.232 e. The Hall–Kier alpha value is -0.970. The maximum absolute atomic E-state index is 13.0. The quantitative estimate of drug-likeness (QED) is 0.870. The van der Waals surface area contributed by atoms with E-state index in [1.54, 1.807) is 0 Å². The van der Waals surface area contributed by atoms with Crippen molar-refractivity contribution in [3.63, 3.8) is 0 Å². The molecule has 1 N–H and O–H groups in total. The van der Waals surface area contributed by atoms with Gasteiger partial charge >= 0.3 is 0 Å². The molecule has 18 heavy (non-hydrogen) atoms. The average molecular weight is 251 g/mol. The highest BCUT2D eigenvalue weighted by Gasteiger charge is 2.49. The molecule has 4 rings (SSSR count). The van der Waals surface area contributed by atoms with Gasteiger partial charge < -0.3 is 9.84 Å². The van der Waals surface area contributed by atoms with Crippen LogP contribution in [0, 0.1) is 11.8 Å². The van der Waals surface area contributed by atoms with Gasteiger partial charge in [-0.15, -0.1) is 0 Å². The van der Waals surface area contributed by atoms with E-state index in [1.165, 1.54) is 0 Å². The Morgan fingerprint density at radius 2 is 2.00 bits per heavy atom. The van der Waals surface area contributed by atoms with Crippen LogP contribution in [-0.4, -0.2) is 29.4 Å². The first-order valence-corrected chi connectivity index (χ1v) is 6.84. The summed E-state index contributed by atoms with van der Waals surface area (Å²) < 4.78 is 18.2. The zero-order valence-corrected chi connectivity index (χ0v) is 10.5. The number of aromatic nitrogens is 2. The number of halogens is 1. The smallest absolute Gasteiger partial charge is 0.232 e. The Balaban J connectivity index is 1.57. The number of nitrogens with zero attached hydrogens (tertiary/aromatic N) is 2. The lowest BCUT2D eigenvalue weighted by Crippen LogP contribution is -2.24. The molecule has 0 aromatic carbocycles. The van der Waals surface area contributed by atoms with Crippen molar-refractivity contribution >= 4 is 0 Å². The van der Waals surface area contributed by atoms with Crippen LogP contribution in [0.3, 0.4) is 0 Å². The van der Waals surface area contributed by atoms with E-state index >= 15 is 0 Å². The molecule has 98 valence electrons. The standard InChI is InChI=1S/C13H18FN3O/c1-13(3-7-5-15-6-8(7)4-13)12-16-11(18-17-12)9-2-10(9)14/h7-10,15H,2-6H2,1H3/t7-,8+,9-,10+,13-/m1/s1. The van der Waals surface area contributed by atoms with E-state index in [4.69, 9.17) is 4.52 Å². The van der Waals surface area contributed by atoms with E-state index in [0.29, 0.717) is 12.3 Å². The van der Waals surface area contributed by atoms with E-state index < -0.39 is 6.17 Å². The number of alkyl halides is 1. The van der Waals surface area contributed by atoms with Crippen LogP contribution in [0.1, 0.15) is 43.8 Å². The average Bonchev–Trinajstić information content (AvgIpc) is 2.77. The molecule has 3 fully saturated rings. The highest BCUT2D eigenvalue weighted by atomic mass is 19.1. The van der Waals surface area contributed by atoms with Crippen molar-refractivity contribution in [2.24, 2.45) is 11.8 Å². The molecule has 2 heterocycles. The first-order valence-electron chi connectivity index (χ1n) is 6.84. The van der Waals surface area contributed by atoms with E-state index in [-0.39, 0.29) is 11.3 Å². The van der Waals surface area contributed by atoms with Crippen molar-refractivity contribution in [1.29, 1.82) is 0 Å². The molecule has 0 bridgehead atoms. The summed E-state index contributed by atoms with van der Waals surface area (Å²) >= 11 is 0. The summed E-state index contributed by atoms with van der Waals surface area (Å²) in [5.74, 6) is 2.66. The molecule has 5 heteroatoms. The molecule has 1 saturated heterocycles. The predicted octanol–water partition coefficient (Wildman–Crippen LogP) is 1.78. The van der Waals surface area contributed by atoms with E-state index in [0.717, 1.165) is 43.6 Å². The molecule has 5 atom stereocenters. The van der Waals surface area contributed by atoms with Crippen molar-refractivity contribution in [2.75, 3.05) is 13.1 Å². The highest BCUT2D eigenvalue weighted by molar-refractivity contribution is 5.16. The second kappa shape index (κ2) is 3.53. The fourth-order valence-corrected chi connectivity index (χ4v) is 3.74. The summed E-state index contributed by atoms with van der Waals surface area (Å²) in [6.07, 6.45) is 2.02. The summed E-state index contributed by atoms with van der Waals surface area (Å²) in [5, 5.41) is 7.56. The molecule has 0 unspecified atom stereocenters. The monoisotopic (exact) mass is 251 g/mol. The zero-order chi connectivity index (χ0) is 12.3. The minimum Gasteiger partial charge on any atom is -0.339 e. The summed E-state index contributed by atoms with van der Waals surface area (Å²) in [6, 6.07) is 0. The minimum atomic E-state index is -0.765. The third kappa shape index (κ3) is 1.53. The van der Waals surface area contributed by atoms with Crippen LogP contribution in [0.25, 0.3) is 0 Å². The fourth-order valence-electron chi connectivity index (χ4n) is 3.74.